The number of hydrogen-bond donors (Lipinski definition) is 0. The molecule has 0 bridgehead atoms. The summed E-state index contributed by atoms with van der Waals surface area (Å²) in [4.78, 5) is 8.33. The lowest BCUT2D eigenvalue weighted by Crippen LogP contribution is -2.37. The minimum atomic E-state index is -2.33. The average molecular weight is 90.1 g/mol. The number of carbonyl (C=O) groups excluding carboxylic acids is 1. The second-order valence-electron chi connectivity index (χ2n) is 0.250. The molecule has 3 heteroatoms. The minimum Gasteiger partial charge on any atom is -0.652 e. The molecule has 0 spiro atoms. The van der Waals surface area contributed by atoms with Crippen molar-refractivity contribution < 1.29 is 15.0 Å². The van der Waals surface area contributed by atoms with Crippen LogP contribution in [0.4, 0.5) is 4.79 Å². The fourth-order valence-corrected chi connectivity index (χ4v) is 0. The highest BCUT2D eigenvalue weighted by Gasteiger charge is 1.26. The zero-order chi connectivity index (χ0) is 5.58. The molecule has 0 saturated heterocycles. The van der Waals surface area contributed by atoms with Crippen molar-refractivity contribution in [3.8, 4) is 0 Å². The summed E-state index contributed by atoms with van der Waals surface area (Å²) in [7, 11) is 0. The third kappa shape index (κ3) is 31.6. The molecule has 3 nitrogen and oxygen atoms in total. The van der Waals surface area contributed by atoms with Gasteiger partial charge in [0.2, 0.25) is 0 Å². The SMILES string of the molecule is CC.O=C([O-])[O-]. The topological polar surface area (TPSA) is 63.2 Å². The first kappa shape index (κ1) is 8.99. The molecule has 0 fully saturated rings. The minimum absolute atomic E-state index is 2.00. The van der Waals surface area contributed by atoms with Crippen LogP contribution < -0.4 is 10.2 Å². The molecule has 0 aliphatic rings. The van der Waals surface area contributed by atoms with E-state index in [2.05, 4.69) is 0 Å². The highest BCUT2D eigenvalue weighted by Crippen LogP contribution is 1.21. The van der Waals surface area contributed by atoms with Crippen LogP contribution in [0.15, 0.2) is 0 Å². The Balaban J connectivity index is 0. The Hall–Kier alpha value is -0.730. The van der Waals surface area contributed by atoms with Gasteiger partial charge >= 0.3 is 0 Å². The van der Waals surface area contributed by atoms with Gasteiger partial charge in [0.05, 0.1) is 0 Å². The Morgan fingerprint density at radius 3 is 1.33 bits per heavy atom. The van der Waals surface area contributed by atoms with Gasteiger partial charge in [-0.25, -0.2) is 0 Å². The number of rotatable bonds is 0. The van der Waals surface area contributed by atoms with Gasteiger partial charge in [-0.1, -0.05) is 13.8 Å². The highest BCUT2D eigenvalue weighted by atomic mass is 16.6. The van der Waals surface area contributed by atoms with Gasteiger partial charge in [-0.15, -0.1) is 0 Å². The van der Waals surface area contributed by atoms with Crippen LogP contribution in [0.5, 0.6) is 0 Å². The van der Waals surface area contributed by atoms with E-state index >= 15 is 0 Å². The average Bonchev–Trinajstić information content (AvgIpc) is 1.41. The molecular formula is C3H6O3-2. The fourth-order valence-electron chi connectivity index (χ4n) is 0. The van der Waals surface area contributed by atoms with Crippen molar-refractivity contribution >= 4 is 6.16 Å². The molecule has 0 aromatic carbocycles. The first-order chi connectivity index (χ1) is 2.73. The molecule has 0 amide bonds. The lowest BCUT2D eigenvalue weighted by atomic mass is 11.0. The second kappa shape index (κ2) is 8.86. The zero-order valence-electron chi connectivity index (χ0n) is 3.72. The predicted octanol–water partition coefficient (Wildman–Crippen LogP) is -1.42. The van der Waals surface area contributed by atoms with Gasteiger partial charge in [-0.05, 0) is 6.16 Å². The van der Waals surface area contributed by atoms with Crippen molar-refractivity contribution in [2.45, 2.75) is 13.8 Å². The monoisotopic (exact) mass is 90.0 g/mol. The Morgan fingerprint density at radius 1 is 1.33 bits per heavy atom. The lowest BCUT2D eigenvalue weighted by Gasteiger charge is -1.96. The maximum atomic E-state index is 8.33. The van der Waals surface area contributed by atoms with E-state index in [1.807, 2.05) is 13.8 Å². The van der Waals surface area contributed by atoms with E-state index < -0.39 is 6.16 Å². The van der Waals surface area contributed by atoms with Crippen LogP contribution in [-0.2, 0) is 0 Å². The summed E-state index contributed by atoms with van der Waals surface area (Å²) in [6.45, 7) is 4.00. The Labute approximate surface area is 36.2 Å². The van der Waals surface area contributed by atoms with Crippen LogP contribution in [0, 0.1) is 0 Å². The van der Waals surface area contributed by atoms with Crippen LogP contribution >= 0.6 is 0 Å². The zero-order valence-corrected chi connectivity index (χ0v) is 3.72. The van der Waals surface area contributed by atoms with Crippen LogP contribution in [0.25, 0.3) is 0 Å². The highest BCUT2D eigenvalue weighted by molar-refractivity contribution is 5.47. The predicted molar refractivity (Wildman–Crippen MR) is 16.7 cm³/mol. The number of carbonyl (C=O) groups is 1. The van der Waals surface area contributed by atoms with E-state index in [1.54, 1.807) is 0 Å². The van der Waals surface area contributed by atoms with Gasteiger partial charge in [-0.2, -0.15) is 0 Å². The van der Waals surface area contributed by atoms with Gasteiger partial charge in [-0.3, -0.25) is 0 Å². The smallest absolute Gasteiger partial charge is 0.0431 e. The Morgan fingerprint density at radius 2 is 1.33 bits per heavy atom. The molecule has 0 aromatic heterocycles. The van der Waals surface area contributed by atoms with Crippen LogP contribution in [0.1, 0.15) is 13.8 Å². The van der Waals surface area contributed by atoms with Crippen molar-refractivity contribution in [3.63, 3.8) is 0 Å². The van der Waals surface area contributed by atoms with E-state index in [0.29, 0.717) is 0 Å². The molecule has 0 saturated carbocycles. The van der Waals surface area contributed by atoms with Crippen molar-refractivity contribution in [1.82, 2.24) is 0 Å². The molecule has 0 rings (SSSR count). The largest absolute Gasteiger partial charge is 0.652 e. The normalized spacial score (nSPS) is 5.00. The molecule has 0 aliphatic carbocycles. The molecule has 0 radical (unpaired) electrons. The third-order valence-corrected chi connectivity index (χ3v) is 0. The van der Waals surface area contributed by atoms with Gasteiger partial charge in [0.15, 0.2) is 0 Å². The van der Waals surface area contributed by atoms with Crippen molar-refractivity contribution in [2.75, 3.05) is 0 Å². The molecule has 38 valence electrons. The Kier molecular flexibility index (Phi) is 13.3. The maximum Gasteiger partial charge on any atom is -0.0431 e. The number of carboxylic acid groups (broad SMARTS) is 2. The first-order valence-corrected chi connectivity index (χ1v) is 1.61. The summed E-state index contributed by atoms with van der Waals surface area (Å²) in [6.07, 6.45) is -2.33. The first-order valence-electron chi connectivity index (χ1n) is 1.61. The lowest BCUT2D eigenvalue weighted by molar-refractivity contribution is -0.415. The van der Waals surface area contributed by atoms with Crippen LogP contribution in [0.2, 0.25) is 0 Å². The van der Waals surface area contributed by atoms with Crippen LogP contribution in [0.3, 0.4) is 0 Å². The summed E-state index contributed by atoms with van der Waals surface area (Å²) in [6, 6.07) is 0. The van der Waals surface area contributed by atoms with E-state index in [0.717, 1.165) is 0 Å². The van der Waals surface area contributed by atoms with Gasteiger partial charge in [0.1, 0.15) is 0 Å². The summed E-state index contributed by atoms with van der Waals surface area (Å²) in [5, 5.41) is 16.7. The fraction of sp³-hybridized carbons (Fsp3) is 0.667. The van der Waals surface area contributed by atoms with E-state index in [1.165, 1.54) is 0 Å². The second-order valence-corrected chi connectivity index (χ2v) is 0.250. The molecule has 0 N–H and O–H groups in total. The summed E-state index contributed by atoms with van der Waals surface area (Å²) < 4.78 is 0. The van der Waals surface area contributed by atoms with Gasteiger partial charge in [0, 0.05) is 0 Å². The summed E-state index contributed by atoms with van der Waals surface area (Å²) >= 11 is 0. The molecule has 0 heterocycles. The van der Waals surface area contributed by atoms with E-state index in [4.69, 9.17) is 15.0 Å². The Bertz CT molecular complexity index is 29.0. The van der Waals surface area contributed by atoms with Crippen molar-refractivity contribution in [2.24, 2.45) is 0 Å². The molecular weight excluding hydrogens is 84.0 g/mol. The van der Waals surface area contributed by atoms with Gasteiger partial charge in [0.25, 0.3) is 0 Å². The van der Waals surface area contributed by atoms with Crippen molar-refractivity contribution in [1.29, 1.82) is 0 Å². The van der Waals surface area contributed by atoms with Crippen molar-refractivity contribution in [3.05, 3.63) is 0 Å². The quantitative estimate of drug-likeness (QED) is 0.366. The molecule has 6 heavy (non-hydrogen) atoms. The summed E-state index contributed by atoms with van der Waals surface area (Å²) in [5.74, 6) is 0. The van der Waals surface area contributed by atoms with Crippen LogP contribution in [-0.4, -0.2) is 6.16 Å². The molecule has 0 aliphatic heterocycles. The van der Waals surface area contributed by atoms with Gasteiger partial charge < -0.3 is 15.0 Å². The van der Waals surface area contributed by atoms with E-state index in [9.17, 15) is 0 Å². The summed E-state index contributed by atoms with van der Waals surface area (Å²) in [5.41, 5.74) is 0. The molecule has 0 aromatic rings. The standard InChI is InChI=1S/C2H6.CH2O3/c1-2;2-1(3)4/h1-2H3;(H2,2,3,4)/p-2. The van der Waals surface area contributed by atoms with E-state index in [-0.39, 0.29) is 0 Å². The molecule has 0 unspecified atom stereocenters. The maximum absolute atomic E-state index is 8.33. The molecule has 0 atom stereocenters. The third-order valence-electron chi connectivity index (χ3n) is 0. The number of hydrogen-bond acceptors (Lipinski definition) is 3.